The number of halogens is 1. The molecule has 0 aliphatic heterocycles. The Labute approximate surface area is 124 Å². The largest absolute Gasteiger partial charge is 0.354 e. The van der Waals surface area contributed by atoms with Crippen molar-refractivity contribution in [3.63, 3.8) is 0 Å². The third kappa shape index (κ3) is 2.50. The topological polar surface area (TPSA) is 15.8 Å². The van der Waals surface area contributed by atoms with E-state index in [4.69, 9.17) is 11.6 Å². The highest BCUT2D eigenvalue weighted by atomic mass is 35.5. The molecule has 0 bridgehead atoms. The highest BCUT2D eigenvalue weighted by molar-refractivity contribution is 6.17. The summed E-state index contributed by atoms with van der Waals surface area (Å²) in [6.45, 7) is 2.10. The van der Waals surface area contributed by atoms with Gasteiger partial charge in [-0.15, -0.1) is 11.6 Å². The highest BCUT2D eigenvalue weighted by Gasteiger charge is 2.10. The number of hydrogen-bond acceptors (Lipinski definition) is 0. The van der Waals surface area contributed by atoms with Crippen LogP contribution < -0.4 is 0 Å². The maximum Gasteiger partial charge on any atom is 0.0503 e. The van der Waals surface area contributed by atoms with Gasteiger partial charge in [-0.2, -0.15) is 0 Å². The lowest BCUT2D eigenvalue weighted by Gasteiger charge is -2.01. The van der Waals surface area contributed by atoms with Crippen molar-refractivity contribution in [1.29, 1.82) is 0 Å². The minimum Gasteiger partial charge on any atom is -0.354 e. The number of aryl methyl sites for hydroxylation is 1. The highest BCUT2D eigenvalue weighted by Crippen LogP contribution is 2.30. The number of aromatic amines is 1. The van der Waals surface area contributed by atoms with Crippen LogP contribution in [0, 0.1) is 6.92 Å². The molecule has 0 fully saturated rings. The van der Waals surface area contributed by atoms with Gasteiger partial charge in [0.1, 0.15) is 0 Å². The van der Waals surface area contributed by atoms with E-state index in [9.17, 15) is 0 Å². The monoisotopic (exact) mass is 281 g/mol. The van der Waals surface area contributed by atoms with E-state index >= 15 is 0 Å². The van der Waals surface area contributed by atoms with Crippen LogP contribution in [0.2, 0.25) is 0 Å². The van der Waals surface area contributed by atoms with E-state index in [1.807, 2.05) is 18.2 Å². The van der Waals surface area contributed by atoms with Gasteiger partial charge in [-0.25, -0.2) is 0 Å². The van der Waals surface area contributed by atoms with Crippen molar-refractivity contribution in [3.8, 4) is 22.5 Å². The van der Waals surface area contributed by atoms with Crippen LogP contribution in [0.15, 0.2) is 60.7 Å². The van der Waals surface area contributed by atoms with E-state index in [2.05, 4.69) is 54.4 Å². The molecule has 100 valence electrons. The zero-order chi connectivity index (χ0) is 13.9. The zero-order valence-corrected chi connectivity index (χ0v) is 12.1. The molecular weight excluding hydrogens is 266 g/mol. The molecule has 1 aromatic heterocycles. The Morgan fingerprint density at radius 1 is 0.900 bits per heavy atom. The van der Waals surface area contributed by atoms with Gasteiger partial charge in [-0.1, -0.05) is 60.2 Å². The van der Waals surface area contributed by atoms with Gasteiger partial charge >= 0.3 is 0 Å². The molecule has 0 saturated heterocycles. The first-order chi connectivity index (χ1) is 9.78. The fourth-order valence-corrected chi connectivity index (χ4v) is 2.56. The summed E-state index contributed by atoms with van der Waals surface area (Å²) in [4.78, 5) is 3.50. The number of H-pyrrole nitrogens is 1. The summed E-state index contributed by atoms with van der Waals surface area (Å²) < 4.78 is 0. The summed E-state index contributed by atoms with van der Waals surface area (Å²) in [5.41, 5.74) is 6.97. The van der Waals surface area contributed by atoms with Gasteiger partial charge in [0.15, 0.2) is 0 Å². The van der Waals surface area contributed by atoms with Crippen molar-refractivity contribution >= 4 is 11.6 Å². The first-order valence-corrected chi connectivity index (χ1v) is 7.21. The molecule has 1 heterocycles. The van der Waals surface area contributed by atoms with Crippen LogP contribution >= 0.6 is 11.6 Å². The molecule has 2 heteroatoms. The average Bonchev–Trinajstić information content (AvgIpc) is 2.93. The normalized spacial score (nSPS) is 10.7. The van der Waals surface area contributed by atoms with E-state index in [0.717, 1.165) is 17.0 Å². The Bertz CT molecular complexity index is 696. The van der Waals surface area contributed by atoms with Crippen molar-refractivity contribution in [1.82, 2.24) is 4.98 Å². The molecule has 3 aromatic rings. The molecule has 0 spiro atoms. The van der Waals surface area contributed by atoms with Gasteiger partial charge in [0.05, 0.1) is 5.69 Å². The predicted molar refractivity (Wildman–Crippen MR) is 86.0 cm³/mol. The lowest BCUT2D eigenvalue weighted by Crippen LogP contribution is -1.82. The predicted octanol–water partition coefficient (Wildman–Crippen LogP) is 5.40. The van der Waals surface area contributed by atoms with Crippen LogP contribution in [0.1, 0.15) is 11.1 Å². The van der Waals surface area contributed by atoms with Crippen molar-refractivity contribution in [2.24, 2.45) is 0 Å². The number of nitrogens with one attached hydrogen (secondary N) is 1. The number of rotatable bonds is 3. The molecule has 0 saturated carbocycles. The second-order valence-corrected chi connectivity index (χ2v) is 5.22. The molecule has 3 rings (SSSR count). The molecule has 0 aliphatic rings. The average molecular weight is 282 g/mol. The first-order valence-electron chi connectivity index (χ1n) is 6.68. The maximum atomic E-state index is 6.09. The fraction of sp³-hybridized carbons (Fsp3) is 0.111. The molecule has 2 aromatic carbocycles. The molecule has 1 N–H and O–H groups in total. The quantitative estimate of drug-likeness (QED) is 0.619. The van der Waals surface area contributed by atoms with Crippen molar-refractivity contribution in [2.75, 3.05) is 0 Å². The molecule has 0 aliphatic carbocycles. The Balaban J connectivity index is 2.07. The van der Waals surface area contributed by atoms with Crippen molar-refractivity contribution in [2.45, 2.75) is 12.8 Å². The first kappa shape index (κ1) is 13.0. The van der Waals surface area contributed by atoms with Crippen LogP contribution in [0.3, 0.4) is 0 Å². The second-order valence-electron chi connectivity index (χ2n) is 4.95. The minimum absolute atomic E-state index is 0.507. The van der Waals surface area contributed by atoms with Crippen LogP contribution in [0.4, 0.5) is 0 Å². The Morgan fingerprint density at radius 3 is 2.25 bits per heavy atom. The summed E-state index contributed by atoms with van der Waals surface area (Å²) >= 11 is 6.09. The lowest BCUT2D eigenvalue weighted by molar-refractivity contribution is 1.35. The second kappa shape index (κ2) is 5.56. The molecule has 20 heavy (non-hydrogen) atoms. The van der Waals surface area contributed by atoms with Crippen molar-refractivity contribution in [3.05, 3.63) is 71.8 Å². The number of benzene rings is 2. The maximum absolute atomic E-state index is 6.09. The van der Waals surface area contributed by atoms with E-state index in [0.29, 0.717) is 5.88 Å². The summed E-state index contributed by atoms with van der Waals surface area (Å²) in [7, 11) is 0. The van der Waals surface area contributed by atoms with E-state index in [1.54, 1.807) is 0 Å². The van der Waals surface area contributed by atoms with Gasteiger partial charge in [-0.05, 0) is 29.7 Å². The molecule has 1 nitrogen and oxygen atoms in total. The standard InChI is InChI=1S/C18H16ClN/c1-13-7-9-14(10-8-13)17-11-16(12-19)18(20-17)15-5-3-2-4-6-15/h2-11,20H,12H2,1H3. The van der Waals surface area contributed by atoms with Gasteiger partial charge in [0.25, 0.3) is 0 Å². The smallest absolute Gasteiger partial charge is 0.0503 e. The van der Waals surface area contributed by atoms with E-state index in [-0.39, 0.29) is 0 Å². The van der Waals surface area contributed by atoms with Gasteiger partial charge < -0.3 is 4.98 Å². The third-order valence-corrected chi connectivity index (χ3v) is 3.76. The molecular formula is C18H16ClN. The third-order valence-electron chi connectivity index (χ3n) is 3.47. The minimum atomic E-state index is 0.507. The molecule has 0 atom stereocenters. The summed E-state index contributed by atoms with van der Waals surface area (Å²) in [6, 6.07) is 21.0. The molecule has 0 radical (unpaired) electrons. The van der Waals surface area contributed by atoms with Gasteiger partial charge in [-0.3, -0.25) is 0 Å². The van der Waals surface area contributed by atoms with Crippen molar-refractivity contribution < 1.29 is 0 Å². The Hall–Kier alpha value is -1.99. The Kier molecular flexibility index (Phi) is 3.62. The lowest BCUT2D eigenvalue weighted by atomic mass is 10.1. The van der Waals surface area contributed by atoms with E-state index in [1.165, 1.54) is 16.7 Å². The van der Waals surface area contributed by atoms with Gasteiger partial charge in [0, 0.05) is 11.6 Å². The Morgan fingerprint density at radius 2 is 1.60 bits per heavy atom. The molecule has 0 unspecified atom stereocenters. The fourth-order valence-electron chi connectivity index (χ4n) is 2.35. The summed E-state index contributed by atoms with van der Waals surface area (Å²) in [5, 5.41) is 0. The summed E-state index contributed by atoms with van der Waals surface area (Å²) in [6.07, 6.45) is 0. The van der Waals surface area contributed by atoms with Crippen LogP contribution in [0.5, 0.6) is 0 Å². The number of hydrogen-bond donors (Lipinski definition) is 1. The number of aromatic nitrogens is 1. The van der Waals surface area contributed by atoms with Crippen LogP contribution in [-0.2, 0) is 5.88 Å². The SMILES string of the molecule is Cc1ccc(-c2cc(CCl)c(-c3ccccc3)[nH]2)cc1. The molecule has 0 amide bonds. The zero-order valence-electron chi connectivity index (χ0n) is 11.4. The van der Waals surface area contributed by atoms with Gasteiger partial charge in [0.2, 0.25) is 0 Å². The van der Waals surface area contributed by atoms with E-state index < -0.39 is 0 Å². The number of alkyl halides is 1. The van der Waals surface area contributed by atoms with Crippen LogP contribution in [0.25, 0.3) is 22.5 Å². The van der Waals surface area contributed by atoms with Crippen LogP contribution in [-0.4, -0.2) is 4.98 Å². The summed E-state index contributed by atoms with van der Waals surface area (Å²) in [5.74, 6) is 0.507.